The first-order valence-electron chi connectivity index (χ1n) is 5.84. The standard InChI is InChI=1S/C12H15N3O5S/c1-2-3-6-20-12-5-4-10(7-14-12)21(18,19)9-13-8-11(16)15-17/h4-5,7,13,17H,6,8-9H2,1H3,(H,15,16). The fourth-order valence-electron chi connectivity index (χ4n) is 1.24. The molecule has 0 fully saturated rings. The highest BCUT2D eigenvalue weighted by atomic mass is 32.2. The number of nitrogens with zero attached hydrogens (tertiary/aromatic N) is 1. The van der Waals surface area contributed by atoms with Gasteiger partial charge in [-0.1, -0.05) is 5.92 Å². The summed E-state index contributed by atoms with van der Waals surface area (Å²) in [7, 11) is -3.62. The molecule has 1 amide bonds. The van der Waals surface area contributed by atoms with Gasteiger partial charge >= 0.3 is 0 Å². The van der Waals surface area contributed by atoms with E-state index in [2.05, 4.69) is 22.1 Å². The smallest absolute Gasteiger partial charge is 0.257 e. The van der Waals surface area contributed by atoms with Gasteiger partial charge in [0.05, 0.1) is 11.4 Å². The van der Waals surface area contributed by atoms with Gasteiger partial charge in [0, 0.05) is 12.3 Å². The first-order valence-corrected chi connectivity index (χ1v) is 7.49. The number of hydroxylamine groups is 1. The zero-order chi connectivity index (χ0) is 15.7. The van der Waals surface area contributed by atoms with Crippen molar-refractivity contribution in [1.82, 2.24) is 15.8 Å². The van der Waals surface area contributed by atoms with Gasteiger partial charge in [0.1, 0.15) is 5.88 Å². The number of sulfone groups is 1. The van der Waals surface area contributed by atoms with Gasteiger partial charge in [-0.25, -0.2) is 18.9 Å². The minimum absolute atomic E-state index is 0.00617. The van der Waals surface area contributed by atoms with E-state index in [9.17, 15) is 13.2 Å². The van der Waals surface area contributed by atoms with E-state index in [1.54, 1.807) is 6.92 Å². The summed E-state index contributed by atoms with van der Waals surface area (Å²) < 4.78 is 29.0. The van der Waals surface area contributed by atoms with Crippen molar-refractivity contribution in [1.29, 1.82) is 0 Å². The molecular formula is C12H15N3O5S. The maximum absolute atomic E-state index is 11.9. The maximum atomic E-state index is 11.9. The Hall–Kier alpha value is -2.15. The van der Waals surface area contributed by atoms with Crippen LogP contribution in [0.4, 0.5) is 0 Å². The van der Waals surface area contributed by atoms with Crippen molar-refractivity contribution in [3.8, 4) is 17.7 Å². The number of ether oxygens (including phenoxy) is 1. The van der Waals surface area contributed by atoms with Gasteiger partial charge in [-0.05, 0) is 13.0 Å². The van der Waals surface area contributed by atoms with Crippen molar-refractivity contribution in [3.05, 3.63) is 18.3 Å². The molecule has 0 radical (unpaired) electrons. The van der Waals surface area contributed by atoms with Gasteiger partial charge in [-0.2, -0.15) is 0 Å². The molecule has 0 saturated carbocycles. The molecule has 0 saturated heterocycles. The molecule has 21 heavy (non-hydrogen) atoms. The molecule has 0 aliphatic carbocycles. The minimum atomic E-state index is -3.62. The molecule has 0 aliphatic heterocycles. The molecule has 8 nitrogen and oxygen atoms in total. The first-order chi connectivity index (χ1) is 9.99. The number of carbonyl (C=O) groups excluding carboxylic acids is 1. The summed E-state index contributed by atoms with van der Waals surface area (Å²) >= 11 is 0. The molecular weight excluding hydrogens is 298 g/mol. The van der Waals surface area contributed by atoms with Crippen molar-refractivity contribution in [2.45, 2.75) is 11.8 Å². The van der Waals surface area contributed by atoms with E-state index in [1.165, 1.54) is 17.6 Å². The molecule has 1 aromatic heterocycles. The van der Waals surface area contributed by atoms with E-state index in [4.69, 9.17) is 9.94 Å². The maximum Gasteiger partial charge on any atom is 0.257 e. The first kappa shape index (κ1) is 16.9. The molecule has 0 atom stereocenters. The van der Waals surface area contributed by atoms with Crippen LogP contribution in [-0.4, -0.2) is 43.5 Å². The van der Waals surface area contributed by atoms with Crippen molar-refractivity contribution in [3.63, 3.8) is 0 Å². The largest absolute Gasteiger partial charge is 0.464 e. The number of nitrogens with one attached hydrogen (secondary N) is 2. The average Bonchev–Trinajstić information content (AvgIpc) is 2.47. The second-order valence-corrected chi connectivity index (χ2v) is 5.76. The predicted molar refractivity (Wildman–Crippen MR) is 73.2 cm³/mol. The van der Waals surface area contributed by atoms with E-state index in [-0.39, 0.29) is 23.9 Å². The van der Waals surface area contributed by atoms with Crippen LogP contribution < -0.4 is 15.5 Å². The Morgan fingerprint density at radius 1 is 1.48 bits per heavy atom. The third-order valence-corrected chi connectivity index (χ3v) is 3.78. The Labute approximate surface area is 122 Å². The van der Waals surface area contributed by atoms with Crippen LogP contribution in [0.15, 0.2) is 23.2 Å². The van der Waals surface area contributed by atoms with Crippen LogP contribution in [0.25, 0.3) is 0 Å². The van der Waals surface area contributed by atoms with Crippen molar-refractivity contribution in [2.75, 3.05) is 19.0 Å². The van der Waals surface area contributed by atoms with Crippen molar-refractivity contribution >= 4 is 15.7 Å². The Balaban J connectivity index is 2.62. The molecule has 0 spiro atoms. The van der Waals surface area contributed by atoms with Gasteiger partial charge in [0.15, 0.2) is 16.4 Å². The van der Waals surface area contributed by atoms with Crippen LogP contribution in [0, 0.1) is 11.8 Å². The summed E-state index contributed by atoms with van der Waals surface area (Å²) in [5.41, 5.74) is 1.39. The lowest BCUT2D eigenvalue weighted by atomic mass is 10.5. The number of aromatic nitrogens is 1. The fourth-order valence-corrected chi connectivity index (χ4v) is 2.27. The predicted octanol–water partition coefficient (Wildman–Crippen LogP) is -0.690. The second-order valence-electron chi connectivity index (χ2n) is 3.77. The number of pyridine rings is 1. The Morgan fingerprint density at radius 3 is 2.81 bits per heavy atom. The monoisotopic (exact) mass is 313 g/mol. The molecule has 0 aliphatic rings. The zero-order valence-electron chi connectivity index (χ0n) is 11.3. The van der Waals surface area contributed by atoms with Gasteiger partial charge in [0.2, 0.25) is 5.88 Å². The van der Waals surface area contributed by atoms with Gasteiger partial charge in [-0.15, -0.1) is 5.92 Å². The third kappa shape index (κ3) is 5.78. The number of hydrogen-bond acceptors (Lipinski definition) is 7. The van der Waals surface area contributed by atoms with E-state index >= 15 is 0 Å². The Bertz CT molecular complexity index is 631. The number of amides is 1. The van der Waals surface area contributed by atoms with Gasteiger partial charge < -0.3 is 4.74 Å². The highest BCUT2D eigenvalue weighted by Crippen LogP contribution is 2.13. The number of carbonyl (C=O) groups is 1. The van der Waals surface area contributed by atoms with E-state index in [0.29, 0.717) is 0 Å². The number of hydrogen-bond donors (Lipinski definition) is 3. The number of rotatable bonds is 7. The molecule has 0 aromatic carbocycles. The molecule has 1 aromatic rings. The minimum Gasteiger partial charge on any atom is -0.464 e. The molecule has 9 heteroatoms. The highest BCUT2D eigenvalue weighted by molar-refractivity contribution is 7.91. The van der Waals surface area contributed by atoms with Crippen LogP contribution in [0.2, 0.25) is 0 Å². The lowest BCUT2D eigenvalue weighted by Gasteiger charge is -2.06. The summed E-state index contributed by atoms with van der Waals surface area (Å²) in [5, 5.41) is 10.7. The molecule has 114 valence electrons. The van der Waals surface area contributed by atoms with E-state index in [0.717, 1.165) is 6.20 Å². The summed E-state index contributed by atoms with van der Waals surface area (Å²) in [5.74, 6) is 4.42. The van der Waals surface area contributed by atoms with Crippen LogP contribution in [0.5, 0.6) is 5.88 Å². The quantitative estimate of drug-likeness (QED) is 0.346. The Morgan fingerprint density at radius 2 is 2.24 bits per heavy atom. The lowest BCUT2D eigenvalue weighted by Crippen LogP contribution is -2.34. The summed E-state index contributed by atoms with van der Waals surface area (Å²) in [6.07, 6.45) is 1.16. The summed E-state index contributed by atoms with van der Waals surface area (Å²) in [6, 6.07) is 2.77. The van der Waals surface area contributed by atoms with Crippen LogP contribution in [0.1, 0.15) is 6.92 Å². The fraction of sp³-hybridized carbons (Fsp3) is 0.333. The van der Waals surface area contributed by atoms with Crippen LogP contribution in [-0.2, 0) is 14.6 Å². The molecule has 1 heterocycles. The Kier molecular flexibility index (Phi) is 6.61. The van der Waals surface area contributed by atoms with Crippen LogP contribution in [0.3, 0.4) is 0 Å². The third-order valence-electron chi connectivity index (χ3n) is 2.24. The molecule has 0 unspecified atom stereocenters. The van der Waals surface area contributed by atoms with E-state index in [1.807, 2.05) is 0 Å². The SMILES string of the molecule is CC#CCOc1ccc(S(=O)(=O)CNCC(=O)NO)cn1. The van der Waals surface area contributed by atoms with Crippen molar-refractivity contribution in [2.24, 2.45) is 0 Å². The molecule has 1 rings (SSSR count). The topological polar surface area (TPSA) is 118 Å². The lowest BCUT2D eigenvalue weighted by molar-refractivity contribution is -0.128. The second kappa shape index (κ2) is 8.21. The van der Waals surface area contributed by atoms with Crippen LogP contribution >= 0.6 is 0 Å². The van der Waals surface area contributed by atoms with Gasteiger partial charge in [0.25, 0.3) is 5.91 Å². The average molecular weight is 313 g/mol. The highest BCUT2D eigenvalue weighted by Gasteiger charge is 2.15. The normalized spacial score (nSPS) is 10.4. The summed E-state index contributed by atoms with van der Waals surface area (Å²) in [6.45, 7) is 1.53. The van der Waals surface area contributed by atoms with Gasteiger partial charge in [-0.3, -0.25) is 15.3 Å². The summed E-state index contributed by atoms with van der Waals surface area (Å²) in [4.78, 5) is 14.6. The van der Waals surface area contributed by atoms with Crippen molar-refractivity contribution < 1.29 is 23.2 Å². The molecule has 3 N–H and O–H groups in total. The zero-order valence-corrected chi connectivity index (χ0v) is 12.1. The molecule has 0 bridgehead atoms. The van der Waals surface area contributed by atoms with E-state index < -0.39 is 21.6 Å².